The molecule has 1 heterocycles. The van der Waals surface area contributed by atoms with Crippen LogP contribution in [0.25, 0.3) is 20.9 Å². The van der Waals surface area contributed by atoms with Gasteiger partial charge in [-0.1, -0.05) is 56.6 Å². The van der Waals surface area contributed by atoms with Gasteiger partial charge in [-0.2, -0.15) is 8.42 Å². The Hall–Kier alpha value is -5.40. The van der Waals surface area contributed by atoms with Gasteiger partial charge in [0.2, 0.25) is 0 Å². The lowest BCUT2D eigenvalue weighted by atomic mass is 10.0. The Kier molecular flexibility index (Phi) is 13.1. The van der Waals surface area contributed by atoms with Crippen molar-refractivity contribution in [3.63, 3.8) is 0 Å². The van der Waals surface area contributed by atoms with Gasteiger partial charge in [0.05, 0.1) is 13.1 Å². The Labute approximate surface area is 265 Å². The van der Waals surface area contributed by atoms with Crippen LogP contribution < -0.4 is 16.4 Å². The number of hydrazine groups is 1. The number of azide groups is 2. The van der Waals surface area contributed by atoms with Gasteiger partial charge in [0.15, 0.2) is 12.8 Å². The minimum Gasteiger partial charge on any atom is -0.488 e. The van der Waals surface area contributed by atoms with Crippen LogP contribution in [0, 0.1) is 4.91 Å². The van der Waals surface area contributed by atoms with E-state index in [-0.39, 0.29) is 46.2 Å². The average molecular weight is 673 g/mol. The van der Waals surface area contributed by atoms with E-state index in [9.17, 15) is 22.9 Å². The second-order valence-corrected chi connectivity index (χ2v) is 11.9. The molecule has 0 saturated carbocycles. The van der Waals surface area contributed by atoms with Crippen molar-refractivity contribution < 1.29 is 22.7 Å². The maximum atomic E-state index is 13.8. The quantitative estimate of drug-likeness (QED) is 0.0457. The summed E-state index contributed by atoms with van der Waals surface area (Å²) in [5.41, 5.74) is 18.2. The summed E-state index contributed by atoms with van der Waals surface area (Å²) in [6, 6.07) is 4.45. The van der Waals surface area contributed by atoms with Crippen LogP contribution in [0.5, 0.6) is 5.75 Å². The zero-order valence-corrected chi connectivity index (χ0v) is 25.7. The number of nitrogens with two attached hydrogens (primary N) is 2. The summed E-state index contributed by atoms with van der Waals surface area (Å²) < 4.78 is 32.0. The maximum Gasteiger partial charge on any atom is 0.379 e. The predicted molar refractivity (Wildman–Crippen MR) is 164 cm³/mol. The fourth-order valence-electron chi connectivity index (χ4n) is 4.23. The first-order valence-corrected chi connectivity index (χ1v) is 15.5. The highest BCUT2D eigenvalue weighted by atomic mass is 32.2. The number of aromatic nitrogens is 1. The predicted octanol–water partition coefficient (Wildman–Crippen LogP) is 4.38. The Balaban J connectivity index is 1.93. The highest BCUT2D eigenvalue weighted by molar-refractivity contribution is 7.88. The zero-order chi connectivity index (χ0) is 33.5. The smallest absolute Gasteiger partial charge is 0.379 e. The van der Waals surface area contributed by atoms with Crippen molar-refractivity contribution in [2.24, 2.45) is 36.8 Å². The lowest BCUT2D eigenvalue weighted by Crippen LogP contribution is -2.42. The van der Waals surface area contributed by atoms with E-state index >= 15 is 0 Å². The molecule has 1 aromatic heterocycles. The molecule has 0 aliphatic heterocycles. The van der Waals surface area contributed by atoms with Crippen LogP contribution in [0.4, 0.5) is 0 Å². The van der Waals surface area contributed by atoms with Crippen molar-refractivity contribution in [2.75, 3.05) is 13.3 Å². The average Bonchev–Trinajstić information content (AvgIpc) is 3.46. The molecular weight excluding hydrogens is 644 g/mol. The van der Waals surface area contributed by atoms with Gasteiger partial charge in [0, 0.05) is 21.2 Å². The summed E-state index contributed by atoms with van der Waals surface area (Å²) in [5.74, 6) is 8.61. The van der Waals surface area contributed by atoms with Gasteiger partial charge in [-0.25, -0.2) is 10.8 Å². The number of carbonyl (C=O) groups is 2. The number of nitroso groups, excluding NO2 is 1. The van der Waals surface area contributed by atoms with E-state index in [4.69, 9.17) is 27.5 Å². The molecule has 4 N–H and O–H groups in total. The number of carbonyl (C=O) groups excluding carboxylic acids is 2. The number of benzene rings is 1. The van der Waals surface area contributed by atoms with Crippen LogP contribution in [0.3, 0.4) is 0 Å². The number of amides is 2. The molecule has 242 valence electrons. The Morgan fingerprint density at radius 1 is 1.17 bits per heavy atom. The van der Waals surface area contributed by atoms with Gasteiger partial charge in [-0.05, 0) is 59.0 Å². The van der Waals surface area contributed by atoms with Gasteiger partial charge in [0.25, 0.3) is 5.91 Å². The van der Waals surface area contributed by atoms with Crippen LogP contribution in [0.15, 0.2) is 73.2 Å². The number of hydrogen-bond acceptors (Lipinski definition) is 13. The molecule has 1 atom stereocenters. The van der Waals surface area contributed by atoms with Gasteiger partial charge in [-0.3, -0.25) is 9.59 Å². The van der Waals surface area contributed by atoms with Crippen molar-refractivity contribution in [3.8, 4) is 5.75 Å². The third kappa shape index (κ3) is 9.55. The number of nitrogens with zero attached hydrogens (tertiary/aromatic N) is 12. The first kappa shape index (κ1) is 35.1. The fourth-order valence-corrected chi connectivity index (χ4v) is 5.72. The monoisotopic (exact) mass is 672 g/mol. The second kappa shape index (κ2) is 17.2. The van der Waals surface area contributed by atoms with Crippen molar-refractivity contribution in [1.82, 2.24) is 14.3 Å². The zero-order valence-electron chi connectivity index (χ0n) is 24.1. The summed E-state index contributed by atoms with van der Waals surface area (Å²) in [5, 5.41) is 12.6. The molecule has 1 aromatic carbocycles. The standard InChI is InChI=1S/C24H28N14O6S2/c25-33-29-13-19-22(24(40)38(28)46(42,43)36-35-27)31-20(45-19)14-37(12-4-7-16-5-2-1-3-6-16)23(39)21(32-41)17-8-10-18(11-9-17)44-15-30-34-26/h1-2,5,8-11,21H,3-4,6-7,12-15,28H2,(H2,27,36)/t21-/m1/s1. The van der Waals surface area contributed by atoms with Gasteiger partial charge >= 0.3 is 16.1 Å². The van der Waals surface area contributed by atoms with Crippen molar-refractivity contribution in [2.45, 2.75) is 44.8 Å². The molecule has 0 radical (unpaired) electrons. The molecule has 0 bridgehead atoms. The third-order valence-electron chi connectivity index (χ3n) is 6.37. The van der Waals surface area contributed by atoms with Crippen LogP contribution in [-0.4, -0.2) is 47.8 Å². The van der Waals surface area contributed by atoms with E-state index in [1.54, 1.807) is 0 Å². The number of ether oxygens (including phenoxy) is 1. The molecule has 1 aliphatic rings. The van der Waals surface area contributed by atoms with E-state index in [1.165, 1.54) is 34.7 Å². The van der Waals surface area contributed by atoms with E-state index in [0.717, 1.165) is 24.2 Å². The summed E-state index contributed by atoms with van der Waals surface area (Å²) in [6.07, 6.45) is 8.99. The molecule has 2 amide bonds. The summed E-state index contributed by atoms with van der Waals surface area (Å²) in [6.45, 7) is -0.681. The summed E-state index contributed by atoms with van der Waals surface area (Å²) in [4.78, 5) is 49.6. The molecule has 0 spiro atoms. The van der Waals surface area contributed by atoms with E-state index < -0.39 is 33.8 Å². The number of thiazole rings is 1. The van der Waals surface area contributed by atoms with Crippen molar-refractivity contribution in [1.29, 1.82) is 0 Å². The maximum absolute atomic E-state index is 13.8. The highest BCUT2D eigenvalue weighted by Crippen LogP contribution is 2.28. The minimum absolute atomic E-state index is 0.0565. The van der Waals surface area contributed by atoms with Crippen molar-refractivity contribution in [3.05, 3.63) is 95.0 Å². The first-order valence-electron chi connectivity index (χ1n) is 13.3. The Bertz CT molecular complexity index is 1710. The first-order chi connectivity index (χ1) is 22.1. The molecule has 22 heteroatoms. The fraction of sp³-hybridized carbons (Fsp3) is 0.375. The third-order valence-corrected chi connectivity index (χ3v) is 8.36. The minimum atomic E-state index is -4.80. The van der Waals surface area contributed by atoms with E-state index in [2.05, 4.69) is 46.0 Å². The summed E-state index contributed by atoms with van der Waals surface area (Å²) >= 11 is 0.876. The second-order valence-electron chi connectivity index (χ2n) is 9.28. The number of allylic oxidation sites excluding steroid dienone is 4. The molecule has 20 nitrogen and oxygen atoms in total. The topological polar surface area (TPSA) is 301 Å². The lowest BCUT2D eigenvalue weighted by molar-refractivity contribution is -0.133. The molecule has 0 fully saturated rings. The number of rotatable bonds is 17. The number of hydrogen-bond donors (Lipinski definition) is 2. The normalized spacial score (nSPS) is 13.2. The highest BCUT2D eigenvalue weighted by Gasteiger charge is 2.32. The molecule has 46 heavy (non-hydrogen) atoms. The Morgan fingerprint density at radius 3 is 2.54 bits per heavy atom. The van der Waals surface area contributed by atoms with E-state index in [1.807, 2.05) is 12.2 Å². The SMILES string of the molecule is [N-]=[N+]=NCOc1ccc([C@@H](N=O)C(=O)N(CCCC2=CC=CCC2)Cc2nc(C(=O)N(N)S(=O)(=O)N=NN)c(CN=[N+]=[N-])s2)cc1. The molecule has 2 aromatic rings. The van der Waals surface area contributed by atoms with Crippen LogP contribution in [-0.2, 0) is 28.1 Å². The molecule has 0 unspecified atom stereocenters. The molecular formula is C24H28N14O6S2. The Morgan fingerprint density at radius 2 is 1.91 bits per heavy atom. The van der Waals surface area contributed by atoms with Gasteiger partial charge < -0.3 is 15.5 Å². The van der Waals surface area contributed by atoms with Crippen LogP contribution in [0.1, 0.15) is 57.7 Å². The van der Waals surface area contributed by atoms with E-state index in [0.29, 0.717) is 18.6 Å². The molecule has 3 rings (SSSR count). The van der Waals surface area contributed by atoms with Gasteiger partial charge in [-0.15, -0.1) is 20.7 Å². The molecule has 1 aliphatic carbocycles. The van der Waals surface area contributed by atoms with Crippen LogP contribution in [0.2, 0.25) is 0 Å². The molecule has 0 saturated heterocycles. The van der Waals surface area contributed by atoms with Gasteiger partial charge in [0.1, 0.15) is 16.5 Å². The lowest BCUT2D eigenvalue weighted by Gasteiger charge is -2.24. The summed E-state index contributed by atoms with van der Waals surface area (Å²) in [7, 11) is -4.80. The largest absolute Gasteiger partial charge is 0.488 e. The van der Waals surface area contributed by atoms with Crippen LogP contribution >= 0.6 is 11.3 Å². The van der Waals surface area contributed by atoms with Crippen molar-refractivity contribution >= 4 is 33.4 Å².